The Kier molecular flexibility index (Phi) is 4.38. The molecule has 1 unspecified atom stereocenters. The first-order valence-corrected chi connectivity index (χ1v) is 7.24. The van der Waals surface area contributed by atoms with Crippen molar-refractivity contribution in [1.82, 2.24) is 4.90 Å². The number of hydrogen-bond acceptors (Lipinski definition) is 3. The molecule has 1 heterocycles. The number of nitrogens with zero attached hydrogens (tertiary/aromatic N) is 1. The molecule has 1 aliphatic rings. The highest BCUT2D eigenvalue weighted by Crippen LogP contribution is 2.28. The SMILES string of the molecule is CCC(N)CCN(Cc1ccsc1)C1CC1. The first-order chi connectivity index (χ1) is 7.79. The van der Waals surface area contributed by atoms with E-state index >= 15 is 0 Å². The maximum Gasteiger partial charge on any atom is 0.0244 e. The summed E-state index contributed by atoms with van der Waals surface area (Å²) in [5, 5.41) is 4.42. The van der Waals surface area contributed by atoms with E-state index in [9.17, 15) is 0 Å². The minimum absolute atomic E-state index is 0.378. The number of rotatable bonds is 7. The van der Waals surface area contributed by atoms with Gasteiger partial charge in [0, 0.05) is 25.2 Å². The number of nitrogens with two attached hydrogens (primary N) is 1. The molecular formula is C13H22N2S. The molecule has 1 fully saturated rings. The lowest BCUT2D eigenvalue weighted by Gasteiger charge is -2.23. The van der Waals surface area contributed by atoms with E-state index < -0.39 is 0 Å². The van der Waals surface area contributed by atoms with Crippen LogP contribution in [0.2, 0.25) is 0 Å². The van der Waals surface area contributed by atoms with Crippen molar-refractivity contribution in [1.29, 1.82) is 0 Å². The van der Waals surface area contributed by atoms with Crippen LogP contribution in [0, 0.1) is 0 Å². The van der Waals surface area contributed by atoms with Crippen molar-refractivity contribution in [3.05, 3.63) is 22.4 Å². The molecule has 1 aromatic heterocycles. The highest BCUT2D eigenvalue weighted by molar-refractivity contribution is 7.07. The Morgan fingerprint density at radius 1 is 1.56 bits per heavy atom. The fraction of sp³-hybridized carbons (Fsp3) is 0.692. The predicted molar refractivity (Wildman–Crippen MR) is 70.6 cm³/mol. The van der Waals surface area contributed by atoms with Gasteiger partial charge in [0.25, 0.3) is 0 Å². The van der Waals surface area contributed by atoms with Crippen molar-refractivity contribution in [2.24, 2.45) is 5.73 Å². The molecule has 0 aromatic carbocycles. The van der Waals surface area contributed by atoms with Crippen molar-refractivity contribution in [2.75, 3.05) is 6.54 Å². The minimum atomic E-state index is 0.378. The summed E-state index contributed by atoms with van der Waals surface area (Å²) < 4.78 is 0. The van der Waals surface area contributed by atoms with Crippen LogP contribution in [-0.2, 0) is 6.54 Å². The van der Waals surface area contributed by atoms with E-state index in [-0.39, 0.29) is 0 Å². The molecule has 1 saturated carbocycles. The summed E-state index contributed by atoms with van der Waals surface area (Å²) in [5.41, 5.74) is 7.45. The summed E-state index contributed by atoms with van der Waals surface area (Å²) in [6, 6.07) is 3.45. The van der Waals surface area contributed by atoms with Gasteiger partial charge >= 0.3 is 0 Å². The Hall–Kier alpha value is -0.380. The van der Waals surface area contributed by atoms with Crippen LogP contribution in [0.15, 0.2) is 16.8 Å². The molecule has 3 heteroatoms. The second kappa shape index (κ2) is 5.80. The van der Waals surface area contributed by atoms with Crippen LogP contribution < -0.4 is 5.73 Å². The number of thiophene rings is 1. The molecule has 16 heavy (non-hydrogen) atoms. The summed E-state index contributed by atoms with van der Waals surface area (Å²) in [4.78, 5) is 2.61. The highest BCUT2D eigenvalue weighted by atomic mass is 32.1. The molecule has 2 rings (SSSR count). The number of hydrogen-bond donors (Lipinski definition) is 1. The molecule has 90 valence electrons. The third kappa shape index (κ3) is 3.58. The Bertz CT molecular complexity index is 293. The van der Waals surface area contributed by atoms with Gasteiger partial charge in [0.05, 0.1) is 0 Å². The minimum Gasteiger partial charge on any atom is -0.328 e. The zero-order valence-electron chi connectivity index (χ0n) is 10.1. The van der Waals surface area contributed by atoms with Gasteiger partial charge in [-0.3, -0.25) is 4.90 Å². The second-order valence-electron chi connectivity index (χ2n) is 4.79. The van der Waals surface area contributed by atoms with E-state index in [1.807, 2.05) is 0 Å². The van der Waals surface area contributed by atoms with Crippen LogP contribution in [0.1, 0.15) is 38.2 Å². The largest absolute Gasteiger partial charge is 0.328 e. The van der Waals surface area contributed by atoms with Crippen LogP contribution >= 0.6 is 11.3 Å². The van der Waals surface area contributed by atoms with Crippen molar-refractivity contribution in [3.8, 4) is 0 Å². The van der Waals surface area contributed by atoms with E-state index in [0.29, 0.717) is 6.04 Å². The maximum atomic E-state index is 5.99. The lowest BCUT2D eigenvalue weighted by atomic mass is 10.1. The van der Waals surface area contributed by atoms with Crippen molar-refractivity contribution >= 4 is 11.3 Å². The average Bonchev–Trinajstić information content (AvgIpc) is 3.02. The lowest BCUT2D eigenvalue weighted by molar-refractivity contribution is 0.244. The van der Waals surface area contributed by atoms with Gasteiger partial charge in [0.2, 0.25) is 0 Å². The second-order valence-corrected chi connectivity index (χ2v) is 5.57. The van der Waals surface area contributed by atoms with Crippen LogP contribution in [0.4, 0.5) is 0 Å². The van der Waals surface area contributed by atoms with Gasteiger partial charge in [-0.15, -0.1) is 0 Å². The maximum absolute atomic E-state index is 5.99. The Balaban J connectivity index is 1.81. The quantitative estimate of drug-likeness (QED) is 0.791. The summed E-state index contributed by atoms with van der Waals surface area (Å²) >= 11 is 1.79. The molecular weight excluding hydrogens is 216 g/mol. The first-order valence-electron chi connectivity index (χ1n) is 6.30. The first kappa shape index (κ1) is 12.1. The molecule has 0 bridgehead atoms. The van der Waals surface area contributed by atoms with E-state index in [2.05, 4.69) is 28.7 Å². The topological polar surface area (TPSA) is 29.3 Å². The van der Waals surface area contributed by atoms with Crippen molar-refractivity contribution < 1.29 is 0 Å². The molecule has 1 aliphatic carbocycles. The van der Waals surface area contributed by atoms with Crippen molar-refractivity contribution in [2.45, 2.75) is 51.2 Å². The lowest BCUT2D eigenvalue weighted by Crippen LogP contribution is -2.31. The molecule has 2 N–H and O–H groups in total. The van der Waals surface area contributed by atoms with Gasteiger partial charge in [0.1, 0.15) is 0 Å². The third-order valence-electron chi connectivity index (χ3n) is 3.34. The molecule has 0 spiro atoms. The molecule has 0 saturated heterocycles. The van der Waals surface area contributed by atoms with Gasteiger partial charge in [-0.2, -0.15) is 11.3 Å². The zero-order chi connectivity index (χ0) is 11.4. The standard InChI is InChI=1S/C13H22N2S/c1-2-12(14)5-7-15(13-3-4-13)9-11-6-8-16-10-11/h6,8,10,12-13H,2-5,7,9,14H2,1H3. The van der Waals surface area contributed by atoms with Crippen LogP contribution in [0.25, 0.3) is 0 Å². The summed E-state index contributed by atoms with van der Waals surface area (Å²) in [6.45, 7) is 4.45. The zero-order valence-corrected chi connectivity index (χ0v) is 10.9. The molecule has 0 radical (unpaired) electrons. The average molecular weight is 238 g/mol. The van der Waals surface area contributed by atoms with Gasteiger partial charge in [-0.1, -0.05) is 6.92 Å². The molecule has 0 aliphatic heterocycles. The van der Waals surface area contributed by atoms with E-state index in [1.165, 1.54) is 18.4 Å². The fourth-order valence-corrected chi connectivity index (χ4v) is 2.64. The highest BCUT2D eigenvalue weighted by Gasteiger charge is 2.28. The predicted octanol–water partition coefficient (Wildman–Crippen LogP) is 2.84. The van der Waals surface area contributed by atoms with Gasteiger partial charge in [0.15, 0.2) is 0 Å². The summed E-state index contributed by atoms with van der Waals surface area (Å²) in [7, 11) is 0. The molecule has 1 aromatic rings. The normalized spacial score (nSPS) is 17.9. The van der Waals surface area contributed by atoms with Crippen LogP contribution in [0.5, 0.6) is 0 Å². The summed E-state index contributed by atoms with van der Waals surface area (Å²) in [5.74, 6) is 0. The molecule has 1 atom stereocenters. The fourth-order valence-electron chi connectivity index (χ4n) is 1.98. The van der Waals surface area contributed by atoms with Crippen LogP contribution in [-0.4, -0.2) is 23.5 Å². The van der Waals surface area contributed by atoms with Gasteiger partial charge in [-0.25, -0.2) is 0 Å². The Labute approximate surface area is 102 Å². The van der Waals surface area contributed by atoms with E-state index in [1.54, 1.807) is 11.3 Å². The monoisotopic (exact) mass is 238 g/mol. The smallest absolute Gasteiger partial charge is 0.0244 e. The summed E-state index contributed by atoms with van der Waals surface area (Å²) in [6.07, 6.45) is 4.99. The van der Waals surface area contributed by atoms with Crippen LogP contribution in [0.3, 0.4) is 0 Å². The third-order valence-corrected chi connectivity index (χ3v) is 4.07. The Morgan fingerprint density at radius 2 is 2.38 bits per heavy atom. The van der Waals surface area contributed by atoms with E-state index in [0.717, 1.165) is 32.0 Å². The Morgan fingerprint density at radius 3 is 2.94 bits per heavy atom. The molecule has 0 amide bonds. The van der Waals surface area contributed by atoms with E-state index in [4.69, 9.17) is 5.73 Å². The molecule has 2 nitrogen and oxygen atoms in total. The van der Waals surface area contributed by atoms with Gasteiger partial charge < -0.3 is 5.73 Å². The van der Waals surface area contributed by atoms with Crippen molar-refractivity contribution in [3.63, 3.8) is 0 Å². The van der Waals surface area contributed by atoms with Gasteiger partial charge in [-0.05, 0) is 48.1 Å².